The number of nitrogen functional groups attached to an aromatic ring is 1. The Hall–Kier alpha value is -1.16. The Labute approximate surface area is 90.5 Å². The van der Waals surface area contributed by atoms with E-state index in [4.69, 9.17) is 5.73 Å². The zero-order chi connectivity index (χ0) is 11.2. The van der Waals surface area contributed by atoms with Crippen LogP contribution in [0, 0.1) is 6.92 Å². The van der Waals surface area contributed by atoms with Gasteiger partial charge in [-0.2, -0.15) is 0 Å². The summed E-state index contributed by atoms with van der Waals surface area (Å²) in [7, 11) is 0. The molecular formula is C11H11F2NS. The third kappa shape index (κ3) is 1.69. The lowest BCUT2D eigenvalue weighted by molar-refractivity contribution is 0.0176. The Bertz CT molecular complexity index is 511. The zero-order valence-corrected chi connectivity index (χ0v) is 9.29. The fourth-order valence-corrected chi connectivity index (χ4v) is 2.53. The van der Waals surface area contributed by atoms with Gasteiger partial charge in [0.15, 0.2) is 0 Å². The first-order valence-electron chi connectivity index (χ1n) is 4.56. The number of hydrogen-bond acceptors (Lipinski definition) is 2. The van der Waals surface area contributed by atoms with Gasteiger partial charge in [-0.25, -0.2) is 8.78 Å². The van der Waals surface area contributed by atoms with E-state index in [1.165, 1.54) is 23.5 Å². The number of fused-ring (bicyclic) bond motifs is 1. The maximum absolute atomic E-state index is 13.1. The first-order valence-corrected chi connectivity index (χ1v) is 5.38. The smallest absolute Gasteiger partial charge is 0.270 e. The second-order valence-corrected chi connectivity index (χ2v) is 4.77. The van der Waals surface area contributed by atoms with Crippen molar-refractivity contribution in [2.75, 3.05) is 5.73 Å². The van der Waals surface area contributed by atoms with E-state index in [9.17, 15) is 8.78 Å². The molecule has 80 valence electrons. The van der Waals surface area contributed by atoms with Crippen LogP contribution in [0.15, 0.2) is 18.2 Å². The number of benzene rings is 1. The number of aryl methyl sites for hydroxylation is 1. The van der Waals surface area contributed by atoms with Crippen molar-refractivity contribution in [3.05, 3.63) is 29.3 Å². The summed E-state index contributed by atoms with van der Waals surface area (Å²) in [6, 6.07) is 4.69. The maximum atomic E-state index is 13.1. The van der Waals surface area contributed by atoms with E-state index in [0.717, 1.165) is 22.6 Å². The molecule has 2 rings (SSSR count). The maximum Gasteiger partial charge on any atom is 0.270 e. The molecule has 1 nitrogen and oxygen atoms in total. The first kappa shape index (κ1) is 10.4. The Balaban J connectivity index is 2.67. The number of hydrogen-bond donors (Lipinski definition) is 1. The fourth-order valence-electron chi connectivity index (χ4n) is 1.52. The van der Waals surface area contributed by atoms with Crippen LogP contribution in [0.4, 0.5) is 13.8 Å². The third-order valence-electron chi connectivity index (χ3n) is 2.48. The molecule has 1 aromatic carbocycles. The summed E-state index contributed by atoms with van der Waals surface area (Å²) in [6.07, 6.45) is 0. The second-order valence-electron chi connectivity index (χ2n) is 3.69. The summed E-state index contributed by atoms with van der Waals surface area (Å²) >= 11 is 1.35. The number of halogens is 2. The molecule has 15 heavy (non-hydrogen) atoms. The van der Waals surface area contributed by atoms with Crippen LogP contribution in [-0.4, -0.2) is 0 Å². The zero-order valence-electron chi connectivity index (χ0n) is 8.47. The number of rotatable bonds is 1. The molecule has 0 aliphatic heterocycles. The molecular weight excluding hydrogens is 216 g/mol. The van der Waals surface area contributed by atoms with Gasteiger partial charge < -0.3 is 5.73 Å². The lowest BCUT2D eigenvalue weighted by Crippen LogP contribution is -2.05. The molecule has 1 aromatic heterocycles. The van der Waals surface area contributed by atoms with Crippen molar-refractivity contribution in [3.8, 4) is 0 Å². The summed E-state index contributed by atoms with van der Waals surface area (Å²) in [5, 5.41) is 1.66. The average Bonchev–Trinajstić information content (AvgIpc) is 2.41. The van der Waals surface area contributed by atoms with E-state index in [1.807, 2.05) is 6.92 Å². The topological polar surface area (TPSA) is 26.0 Å². The Kier molecular flexibility index (Phi) is 2.19. The van der Waals surface area contributed by atoms with Gasteiger partial charge in [-0.1, -0.05) is 12.1 Å². The van der Waals surface area contributed by atoms with Crippen LogP contribution in [-0.2, 0) is 5.92 Å². The van der Waals surface area contributed by atoms with Crippen molar-refractivity contribution in [2.45, 2.75) is 19.8 Å². The number of thiophene rings is 1. The summed E-state index contributed by atoms with van der Waals surface area (Å²) < 4.78 is 26.9. The molecule has 0 amide bonds. The molecule has 4 heteroatoms. The van der Waals surface area contributed by atoms with E-state index in [2.05, 4.69) is 0 Å². The van der Waals surface area contributed by atoms with Gasteiger partial charge in [0.1, 0.15) is 0 Å². The molecule has 0 saturated carbocycles. The van der Waals surface area contributed by atoms with Gasteiger partial charge in [-0.15, -0.1) is 11.3 Å². The quantitative estimate of drug-likeness (QED) is 0.785. The normalized spacial score (nSPS) is 12.3. The molecule has 0 saturated heterocycles. The van der Waals surface area contributed by atoms with E-state index >= 15 is 0 Å². The SMILES string of the molecule is Cc1c(N)sc2cc(C(C)(F)F)ccc12. The first-order chi connectivity index (χ1) is 6.89. The van der Waals surface area contributed by atoms with Crippen LogP contribution in [0.1, 0.15) is 18.1 Å². The van der Waals surface area contributed by atoms with E-state index < -0.39 is 5.92 Å². The lowest BCUT2D eigenvalue weighted by Gasteiger charge is -2.09. The molecule has 0 aliphatic carbocycles. The van der Waals surface area contributed by atoms with Gasteiger partial charge in [0.25, 0.3) is 5.92 Å². The van der Waals surface area contributed by atoms with Crippen LogP contribution in [0.3, 0.4) is 0 Å². The predicted molar refractivity (Wildman–Crippen MR) is 60.5 cm³/mol. The van der Waals surface area contributed by atoms with Gasteiger partial charge in [-0.3, -0.25) is 0 Å². The van der Waals surface area contributed by atoms with Gasteiger partial charge >= 0.3 is 0 Å². The van der Waals surface area contributed by atoms with E-state index in [0.29, 0.717) is 5.00 Å². The van der Waals surface area contributed by atoms with Crippen LogP contribution in [0.2, 0.25) is 0 Å². The number of alkyl halides is 2. The molecule has 0 bridgehead atoms. The number of anilines is 1. The highest BCUT2D eigenvalue weighted by Gasteiger charge is 2.24. The molecule has 2 N–H and O–H groups in total. The standard InChI is InChI=1S/C11H11F2NS/c1-6-8-4-3-7(11(2,12)13)5-9(8)15-10(6)14/h3-5H,14H2,1-2H3. The van der Waals surface area contributed by atoms with Crippen LogP contribution < -0.4 is 5.73 Å². The van der Waals surface area contributed by atoms with Gasteiger partial charge in [0.05, 0.1) is 5.00 Å². The predicted octanol–water partition coefficient (Wildman–Crippen LogP) is 3.90. The third-order valence-corrected chi connectivity index (χ3v) is 3.57. The summed E-state index contributed by atoms with van der Waals surface area (Å²) in [5.41, 5.74) is 6.75. The second kappa shape index (κ2) is 3.17. The van der Waals surface area contributed by atoms with Crippen LogP contribution in [0.5, 0.6) is 0 Å². The molecule has 0 spiro atoms. The fraction of sp³-hybridized carbons (Fsp3) is 0.273. The minimum Gasteiger partial charge on any atom is -0.390 e. The Morgan fingerprint density at radius 3 is 2.60 bits per heavy atom. The molecule has 0 aliphatic rings. The molecule has 0 fully saturated rings. The molecule has 0 unspecified atom stereocenters. The Morgan fingerprint density at radius 1 is 1.33 bits per heavy atom. The molecule has 1 heterocycles. The minimum atomic E-state index is -2.79. The van der Waals surface area contributed by atoms with E-state index in [-0.39, 0.29) is 5.56 Å². The summed E-state index contributed by atoms with van der Waals surface area (Å²) in [4.78, 5) is 0. The van der Waals surface area contributed by atoms with Gasteiger partial charge in [-0.05, 0) is 23.9 Å². The van der Waals surface area contributed by atoms with Crippen molar-refractivity contribution in [3.63, 3.8) is 0 Å². The molecule has 0 radical (unpaired) electrons. The summed E-state index contributed by atoms with van der Waals surface area (Å²) in [6.45, 7) is 2.80. The van der Waals surface area contributed by atoms with Crippen molar-refractivity contribution in [1.82, 2.24) is 0 Å². The monoisotopic (exact) mass is 227 g/mol. The minimum absolute atomic E-state index is 0.0382. The highest BCUT2D eigenvalue weighted by Crippen LogP contribution is 2.36. The average molecular weight is 227 g/mol. The van der Waals surface area contributed by atoms with Crippen molar-refractivity contribution >= 4 is 26.4 Å². The van der Waals surface area contributed by atoms with Crippen molar-refractivity contribution in [2.24, 2.45) is 0 Å². The lowest BCUT2D eigenvalue weighted by atomic mass is 10.1. The van der Waals surface area contributed by atoms with Gasteiger partial charge in [0, 0.05) is 17.2 Å². The van der Waals surface area contributed by atoms with Crippen LogP contribution in [0.25, 0.3) is 10.1 Å². The van der Waals surface area contributed by atoms with E-state index in [1.54, 1.807) is 6.07 Å². The largest absolute Gasteiger partial charge is 0.390 e. The van der Waals surface area contributed by atoms with Crippen molar-refractivity contribution < 1.29 is 8.78 Å². The highest BCUT2D eigenvalue weighted by atomic mass is 32.1. The molecule has 0 atom stereocenters. The Morgan fingerprint density at radius 2 is 2.00 bits per heavy atom. The summed E-state index contributed by atoms with van der Waals surface area (Å²) in [5.74, 6) is -2.79. The van der Waals surface area contributed by atoms with Gasteiger partial charge in [0.2, 0.25) is 0 Å². The highest BCUT2D eigenvalue weighted by molar-refractivity contribution is 7.22. The van der Waals surface area contributed by atoms with Crippen LogP contribution >= 0.6 is 11.3 Å². The number of nitrogens with two attached hydrogens (primary N) is 1. The molecule has 2 aromatic rings. The van der Waals surface area contributed by atoms with Crippen molar-refractivity contribution in [1.29, 1.82) is 0 Å².